The van der Waals surface area contributed by atoms with E-state index in [-0.39, 0.29) is 23.8 Å². The number of benzene rings is 1. The lowest BCUT2D eigenvalue weighted by Crippen LogP contribution is -2.54. The Morgan fingerprint density at radius 2 is 1.73 bits per heavy atom. The Hall–Kier alpha value is -2.08. The van der Waals surface area contributed by atoms with Crippen molar-refractivity contribution in [1.82, 2.24) is 9.80 Å². The zero-order chi connectivity index (χ0) is 21.8. The van der Waals surface area contributed by atoms with E-state index in [1.165, 1.54) is 7.11 Å². The second kappa shape index (κ2) is 9.82. The van der Waals surface area contributed by atoms with Crippen LogP contribution in [0.1, 0.15) is 55.7 Å². The van der Waals surface area contributed by atoms with Gasteiger partial charge in [0.15, 0.2) is 0 Å². The Morgan fingerprint density at radius 3 is 2.33 bits per heavy atom. The molecule has 2 aliphatic heterocycles. The number of amides is 1. The summed E-state index contributed by atoms with van der Waals surface area (Å²) in [4.78, 5) is 29.5. The van der Waals surface area contributed by atoms with Crippen LogP contribution in [-0.2, 0) is 20.7 Å². The smallest absolute Gasteiger partial charge is 0.323 e. The third-order valence-electron chi connectivity index (χ3n) is 6.78. The summed E-state index contributed by atoms with van der Waals surface area (Å²) in [6.07, 6.45) is 5.55. The molecule has 6 heteroatoms. The molecule has 0 unspecified atom stereocenters. The van der Waals surface area contributed by atoms with Crippen LogP contribution in [0.5, 0.6) is 5.75 Å². The molecule has 166 valence electrons. The van der Waals surface area contributed by atoms with Gasteiger partial charge in [-0.05, 0) is 69.2 Å². The van der Waals surface area contributed by atoms with Crippen molar-refractivity contribution in [2.75, 3.05) is 26.7 Å². The number of carbonyl (C=O) groups is 2. The molecular weight excluding hydrogens is 380 g/mol. The molecule has 1 N–H and O–H groups in total. The van der Waals surface area contributed by atoms with Crippen LogP contribution in [0.3, 0.4) is 0 Å². The van der Waals surface area contributed by atoms with E-state index in [0.717, 1.165) is 68.4 Å². The largest absolute Gasteiger partial charge is 0.507 e. The molecule has 3 rings (SSSR count). The van der Waals surface area contributed by atoms with Gasteiger partial charge in [-0.3, -0.25) is 14.5 Å². The molecule has 30 heavy (non-hydrogen) atoms. The summed E-state index contributed by atoms with van der Waals surface area (Å²) in [6, 6.07) is 4.16. The predicted octanol–water partition coefficient (Wildman–Crippen LogP) is 3.21. The first-order chi connectivity index (χ1) is 14.3. The number of hydrogen-bond acceptors (Lipinski definition) is 5. The number of rotatable bonds is 5. The zero-order valence-electron chi connectivity index (χ0n) is 18.8. The van der Waals surface area contributed by atoms with Crippen LogP contribution in [0.15, 0.2) is 12.1 Å². The van der Waals surface area contributed by atoms with Crippen LogP contribution in [0.25, 0.3) is 0 Å². The van der Waals surface area contributed by atoms with E-state index in [1.807, 2.05) is 37.8 Å². The first-order valence-electron chi connectivity index (χ1n) is 11.2. The molecule has 0 radical (unpaired) electrons. The van der Waals surface area contributed by atoms with Crippen molar-refractivity contribution in [2.24, 2.45) is 5.92 Å². The number of piperidine rings is 2. The van der Waals surface area contributed by atoms with Gasteiger partial charge in [0.2, 0.25) is 5.91 Å². The highest BCUT2D eigenvalue weighted by atomic mass is 16.5. The minimum Gasteiger partial charge on any atom is -0.507 e. The van der Waals surface area contributed by atoms with Gasteiger partial charge in [-0.2, -0.15) is 0 Å². The van der Waals surface area contributed by atoms with Crippen molar-refractivity contribution in [1.29, 1.82) is 0 Å². The Kier molecular flexibility index (Phi) is 7.40. The molecule has 2 heterocycles. The highest BCUT2D eigenvalue weighted by Crippen LogP contribution is 2.28. The summed E-state index contributed by atoms with van der Waals surface area (Å²) in [6.45, 7) is 8.20. The maximum absolute atomic E-state index is 13.0. The normalized spacial score (nSPS) is 22.0. The van der Waals surface area contributed by atoms with Crippen molar-refractivity contribution < 1.29 is 19.4 Å². The van der Waals surface area contributed by atoms with E-state index >= 15 is 0 Å². The van der Waals surface area contributed by atoms with Crippen molar-refractivity contribution in [3.05, 3.63) is 28.8 Å². The summed E-state index contributed by atoms with van der Waals surface area (Å²) in [5, 5.41) is 9.97. The molecule has 1 aromatic rings. The zero-order valence-corrected chi connectivity index (χ0v) is 18.8. The third-order valence-corrected chi connectivity index (χ3v) is 6.78. The van der Waals surface area contributed by atoms with Gasteiger partial charge in [0.05, 0.1) is 7.11 Å². The highest BCUT2D eigenvalue weighted by Gasteiger charge is 2.36. The van der Waals surface area contributed by atoms with Gasteiger partial charge in [0.25, 0.3) is 0 Å². The number of carbonyl (C=O) groups excluding carboxylic acids is 2. The molecule has 2 saturated heterocycles. The highest BCUT2D eigenvalue weighted by molar-refractivity contribution is 5.79. The molecule has 1 aromatic carbocycles. The molecule has 0 aromatic heterocycles. The average molecular weight is 417 g/mol. The molecule has 2 atom stereocenters. The molecule has 0 bridgehead atoms. The number of likely N-dealkylation sites (tertiary alicyclic amines) is 2. The molecule has 6 nitrogen and oxygen atoms in total. The van der Waals surface area contributed by atoms with Gasteiger partial charge in [0, 0.05) is 25.0 Å². The number of esters is 1. The molecule has 0 saturated carbocycles. The predicted molar refractivity (Wildman–Crippen MR) is 116 cm³/mol. The Morgan fingerprint density at radius 1 is 1.10 bits per heavy atom. The lowest BCUT2D eigenvalue weighted by molar-refractivity contribution is -0.151. The van der Waals surface area contributed by atoms with Gasteiger partial charge < -0.3 is 14.7 Å². The first kappa shape index (κ1) is 22.6. The fraction of sp³-hybridized carbons (Fsp3) is 0.667. The minimum atomic E-state index is -0.129. The van der Waals surface area contributed by atoms with E-state index in [2.05, 4.69) is 4.90 Å². The van der Waals surface area contributed by atoms with E-state index in [1.54, 1.807) is 0 Å². The topological polar surface area (TPSA) is 70.1 Å². The molecular formula is C24H36N2O4. The Bertz CT molecular complexity index is 747. The van der Waals surface area contributed by atoms with Crippen molar-refractivity contribution in [3.63, 3.8) is 0 Å². The minimum absolute atomic E-state index is 0.0947. The Labute approximate surface area is 180 Å². The fourth-order valence-corrected chi connectivity index (χ4v) is 5.11. The second-order valence-electron chi connectivity index (χ2n) is 9.01. The summed E-state index contributed by atoms with van der Waals surface area (Å²) in [5.74, 6) is 0.312. The standard InChI is InChI=1S/C24H36N2O4/c1-16-13-19(14-17(2)22(16)27)15-18(3)23(28)25-11-8-20(9-12-25)26-10-6-5-7-21(26)24(29)30-4/h13-14,18,20-21,27H,5-12,15H2,1-4H3/t18-,21-/m1/s1. The van der Waals surface area contributed by atoms with Gasteiger partial charge >= 0.3 is 5.97 Å². The SMILES string of the molecule is COC(=O)[C@H]1CCCCN1C1CCN(C(=O)[C@H](C)Cc2cc(C)c(O)c(C)c2)CC1. The van der Waals surface area contributed by atoms with Crippen LogP contribution >= 0.6 is 0 Å². The number of aryl methyl sites for hydroxylation is 2. The number of phenols is 1. The fourth-order valence-electron chi connectivity index (χ4n) is 5.11. The van der Waals surface area contributed by atoms with Crippen LogP contribution in [0.2, 0.25) is 0 Å². The van der Waals surface area contributed by atoms with Crippen LogP contribution in [0.4, 0.5) is 0 Å². The average Bonchev–Trinajstić information content (AvgIpc) is 2.76. The van der Waals surface area contributed by atoms with Gasteiger partial charge in [0.1, 0.15) is 11.8 Å². The van der Waals surface area contributed by atoms with E-state index < -0.39 is 0 Å². The van der Waals surface area contributed by atoms with Gasteiger partial charge in [-0.1, -0.05) is 25.5 Å². The molecule has 0 spiro atoms. The van der Waals surface area contributed by atoms with Gasteiger partial charge in [-0.25, -0.2) is 0 Å². The Balaban J connectivity index is 1.56. The van der Waals surface area contributed by atoms with Crippen LogP contribution in [0, 0.1) is 19.8 Å². The molecule has 2 fully saturated rings. The third kappa shape index (κ3) is 4.97. The second-order valence-corrected chi connectivity index (χ2v) is 9.01. The van der Waals surface area contributed by atoms with E-state index in [9.17, 15) is 14.7 Å². The lowest BCUT2D eigenvalue weighted by Gasteiger charge is -2.43. The maximum Gasteiger partial charge on any atom is 0.323 e. The quantitative estimate of drug-likeness (QED) is 0.747. The van der Waals surface area contributed by atoms with Crippen LogP contribution in [-0.4, -0.2) is 65.6 Å². The lowest BCUT2D eigenvalue weighted by atomic mass is 9.93. The molecule has 1 amide bonds. The summed E-state index contributed by atoms with van der Waals surface area (Å²) >= 11 is 0. The molecule has 0 aliphatic carbocycles. The van der Waals surface area contributed by atoms with Gasteiger partial charge in [-0.15, -0.1) is 0 Å². The number of phenolic OH excluding ortho intramolecular Hbond substituents is 1. The number of hydrogen-bond donors (Lipinski definition) is 1. The number of aromatic hydroxyl groups is 1. The number of nitrogens with zero attached hydrogens (tertiary/aromatic N) is 2. The summed E-state index contributed by atoms with van der Waals surface area (Å²) in [5.41, 5.74) is 2.80. The van der Waals surface area contributed by atoms with E-state index in [4.69, 9.17) is 4.74 Å². The summed E-state index contributed by atoms with van der Waals surface area (Å²) in [7, 11) is 1.47. The van der Waals surface area contributed by atoms with Crippen LogP contribution < -0.4 is 0 Å². The summed E-state index contributed by atoms with van der Waals surface area (Å²) < 4.78 is 5.02. The maximum atomic E-state index is 13.0. The molecule has 2 aliphatic rings. The number of methoxy groups -OCH3 is 1. The van der Waals surface area contributed by atoms with Crippen molar-refractivity contribution >= 4 is 11.9 Å². The van der Waals surface area contributed by atoms with Crippen molar-refractivity contribution in [2.45, 2.75) is 71.4 Å². The number of ether oxygens (including phenoxy) is 1. The van der Waals surface area contributed by atoms with Crippen molar-refractivity contribution in [3.8, 4) is 5.75 Å². The van der Waals surface area contributed by atoms with E-state index in [0.29, 0.717) is 18.2 Å². The monoisotopic (exact) mass is 416 g/mol. The first-order valence-corrected chi connectivity index (χ1v) is 11.2.